The molecule has 2 aromatic carbocycles. The maximum Gasteiger partial charge on any atom is 0.325 e. The number of nitrogens with one attached hydrogen (secondary N) is 1. The van der Waals surface area contributed by atoms with Gasteiger partial charge in [0.1, 0.15) is 17.8 Å². The predicted octanol–water partition coefficient (Wildman–Crippen LogP) is 1.37. The van der Waals surface area contributed by atoms with Crippen molar-refractivity contribution in [2.45, 2.75) is 25.4 Å². The third-order valence-electron chi connectivity index (χ3n) is 5.43. The van der Waals surface area contributed by atoms with Gasteiger partial charge >= 0.3 is 6.03 Å². The van der Waals surface area contributed by atoms with Gasteiger partial charge in [-0.25, -0.2) is 4.79 Å². The first-order chi connectivity index (χ1) is 15.2. The maximum absolute atomic E-state index is 13.1. The Kier molecular flexibility index (Phi) is 6.77. The predicted molar refractivity (Wildman–Crippen MR) is 116 cm³/mol. The van der Waals surface area contributed by atoms with E-state index in [-0.39, 0.29) is 19.5 Å². The van der Waals surface area contributed by atoms with E-state index in [2.05, 4.69) is 5.32 Å². The first-order valence-corrected chi connectivity index (χ1v) is 10.1. The second-order valence-corrected chi connectivity index (χ2v) is 7.69. The van der Waals surface area contributed by atoms with Gasteiger partial charge in [-0.1, -0.05) is 42.5 Å². The zero-order valence-electron chi connectivity index (χ0n) is 18.0. The molecule has 1 fully saturated rings. The van der Waals surface area contributed by atoms with Gasteiger partial charge in [0.05, 0.1) is 7.11 Å². The maximum atomic E-state index is 13.1. The normalized spacial score (nSPS) is 17.8. The molecule has 1 unspecified atom stereocenters. The van der Waals surface area contributed by atoms with Crippen LogP contribution >= 0.6 is 0 Å². The van der Waals surface area contributed by atoms with Crippen molar-refractivity contribution in [1.29, 1.82) is 0 Å². The van der Waals surface area contributed by atoms with Crippen molar-refractivity contribution in [2.75, 3.05) is 20.2 Å². The van der Waals surface area contributed by atoms with Crippen LogP contribution in [-0.4, -0.2) is 53.8 Å². The van der Waals surface area contributed by atoms with Crippen molar-refractivity contribution < 1.29 is 23.9 Å². The number of urea groups is 1. The molecule has 9 heteroatoms. The molecule has 0 spiro atoms. The van der Waals surface area contributed by atoms with Crippen LogP contribution in [0.1, 0.15) is 24.5 Å². The summed E-state index contributed by atoms with van der Waals surface area (Å²) < 4.78 is 5.14. The fourth-order valence-electron chi connectivity index (χ4n) is 3.54. The first kappa shape index (κ1) is 22.8. The molecule has 3 N–H and O–H groups in total. The van der Waals surface area contributed by atoms with Crippen molar-refractivity contribution in [1.82, 2.24) is 15.1 Å². The second-order valence-electron chi connectivity index (χ2n) is 7.69. The molecule has 3 rings (SSSR count). The number of methoxy groups -OCH3 is 1. The minimum absolute atomic E-state index is 0.0255. The third-order valence-corrected chi connectivity index (χ3v) is 5.43. The highest BCUT2D eigenvalue weighted by molar-refractivity contribution is 6.09. The third kappa shape index (κ3) is 4.88. The van der Waals surface area contributed by atoms with Gasteiger partial charge in [0.2, 0.25) is 11.8 Å². The summed E-state index contributed by atoms with van der Waals surface area (Å²) in [4.78, 5) is 52.3. The minimum atomic E-state index is -1.30. The van der Waals surface area contributed by atoms with E-state index in [1.54, 1.807) is 31.2 Å². The SMILES string of the molecule is COc1ccc(C2(C)NC(=O)N(CC(=O)N(CCC(N)=O)Cc3ccccc3)C2=O)cc1. The minimum Gasteiger partial charge on any atom is -0.497 e. The van der Waals surface area contributed by atoms with Gasteiger partial charge in [-0.15, -0.1) is 0 Å². The van der Waals surface area contributed by atoms with E-state index in [4.69, 9.17) is 10.5 Å². The average molecular weight is 438 g/mol. The van der Waals surface area contributed by atoms with Crippen LogP contribution in [-0.2, 0) is 26.5 Å². The lowest BCUT2D eigenvalue weighted by Crippen LogP contribution is -2.45. The molecule has 2 aromatic rings. The van der Waals surface area contributed by atoms with E-state index < -0.39 is 35.8 Å². The van der Waals surface area contributed by atoms with Crippen LogP contribution in [0, 0.1) is 0 Å². The van der Waals surface area contributed by atoms with E-state index in [0.717, 1.165) is 10.5 Å². The second kappa shape index (κ2) is 9.51. The molecule has 0 saturated carbocycles. The lowest BCUT2D eigenvalue weighted by atomic mass is 9.92. The van der Waals surface area contributed by atoms with Crippen LogP contribution in [0.3, 0.4) is 0 Å². The Morgan fingerprint density at radius 3 is 2.34 bits per heavy atom. The van der Waals surface area contributed by atoms with Crippen molar-refractivity contribution in [2.24, 2.45) is 5.73 Å². The fraction of sp³-hybridized carbons (Fsp3) is 0.304. The molecular weight excluding hydrogens is 412 g/mol. The summed E-state index contributed by atoms with van der Waals surface area (Å²) >= 11 is 0. The van der Waals surface area contributed by atoms with Gasteiger partial charge in [0, 0.05) is 19.5 Å². The zero-order chi connectivity index (χ0) is 23.3. The molecule has 0 bridgehead atoms. The Morgan fingerprint density at radius 2 is 1.75 bits per heavy atom. The molecule has 32 heavy (non-hydrogen) atoms. The molecule has 0 aromatic heterocycles. The van der Waals surface area contributed by atoms with E-state index in [0.29, 0.717) is 11.3 Å². The number of imide groups is 1. The summed E-state index contributed by atoms with van der Waals surface area (Å²) in [5.74, 6) is -0.918. The van der Waals surface area contributed by atoms with Crippen LogP contribution in [0.5, 0.6) is 5.75 Å². The summed E-state index contributed by atoms with van der Waals surface area (Å²) in [6.45, 7) is 1.46. The Hall–Kier alpha value is -3.88. The molecule has 9 nitrogen and oxygen atoms in total. The molecule has 5 amide bonds. The summed E-state index contributed by atoms with van der Waals surface area (Å²) in [6, 6.07) is 15.3. The van der Waals surface area contributed by atoms with E-state index in [1.165, 1.54) is 12.0 Å². The molecule has 1 atom stereocenters. The number of amides is 5. The number of hydrogen-bond acceptors (Lipinski definition) is 5. The monoisotopic (exact) mass is 438 g/mol. The molecule has 1 aliphatic rings. The highest BCUT2D eigenvalue weighted by Crippen LogP contribution is 2.30. The van der Waals surface area contributed by atoms with Gasteiger partial charge in [-0.3, -0.25) is 19.3 Å². The first-order valence-electron chi connectivity index (χ1n) is 10.1. The number of carbonyl (C=O) groups is 4. The number of benzene rings is 2. The summed E-state index contributed by atoms with van der Waals surface area (Å²) in [7, 11) is 1.53. The van der Waals surface area contributed by atoms with E-state index >= 15 is 0 Å². The summed E-state index contributed by atoms with van der Waals surface area (Å²) in [6.07, 6.45) is -0.0255. The van der Waals surface area contributed by atoms with Crippen LogP contribution in [0.15, 0.2) is 54.6 Å². The largest absolute Gasteiger partial charge is 0.497 e. The van der Waals surface area contributed by atoms with Gasteiger partial charge < -0.3 is 20.7 Å². The van der Waals surface area contributed by atoms with Crippen LogP contribution in [0.25, 0.3) is 0 Å². The molecule has 1 aliphatic heterocycles. The van der Waals surface area contributed by atoms with Gasteiger partial charge in [0.15, 0.2) is 0 Å². The zero-order valence-corrected chi connectivity index (χ0v) is 18.0. The van der Waals surface area contributed by atoms with Crippen molar-refractivity contribution in [3.63, 3.8) is 0 Å². The molecule has 0 radical (unpaired) electrons. The lowest BCUT2D eigenvalue weighted by Gasteiger charge is -2.25. The van der Waals surface area contributed by atoms with Crippen LogP contribution < -0.4 is 15.8 Å². The summed E-state index contributed by atoms with van der Waals surface area (Å²) in [5.41, 5.74) is 5.37. The van der Waals surface area contributed by atoms with Crippen molar-refractivity contribution in [3.8, 4) is 5.75 Å². The lowest BCUT2D eigenvalue weighted by molar-refractivity contribution is -0.139. The number of carbonyl (C=O) groups excluding carboxylic acids is 4. The Labute approximate surface area is 186 Å². The number of rotatable bonds is 9. The number of hydrogen-bond donors (Lipinski definition) is 2. The van der Waals surface area contributed by atoms with Gasteiger partial charge in [-0.2, -0.15) is 0 Å². The topological polar surface area (TPSA) is 122 Å². The van der Waals surface area contributed by atoms with Gasteiger partial charge in [0.25, 0.3) is 5.91 Å². The van der Waals surface area contributed by atoms with E-state index in [1.807, 2.05) is 30.3 Å². The Bertz CT molecular complexity index is 1010. The van der Waals surface area contributed by atoms with Crippen LogP contribution in [0.2, 0.25) is 0 Å². The standard InChI is InChI=1S/C23H26N4O5/c1-23(17-8-10-18(32-2)11-9-17)21(30)27(22(31)25-23)15-20(29)26(13-12-19(24)28)14-16-6-4-3-5-7-16/h3-11H,12-15H2,1-2H3,(H2,24,28)(H,25,31). The van der Waals surface area contributed by atoms with Crippen molar-refractivity contribution in [3.05, 3.63) is 65.7 Å². The number of ether oxygens (including phenoxy) is 1. The fourth-order valence-corrected chi connectivity index (χ4v) is 3.54. The highest BCUT2D eigenvalue weighted by Gasteiger charge is 2.49. The van der Waals surface area contributed by atoms with E-state index in [9.17, 15) is 19.2 Å². The smallest absolute Gasteiger partial charge is 0.325 e. The number of nitrogens with two attached hydrogens (primary N) is 1. The summed E-state index contributed by atoms with van der Waals surface area (Å²) in [5, 5.41) is 2.68. The quantitative estimate of drug-likeness (QED) is 0.573. The number of nitrogens with zero attached hydrogens (tertiary/aromatic N) is 2. The molecule has 0 aliphatic carbocycles. The highest BCUT2D eigenvalue weighted by atomic mass is 16.5. The number of primary amides is 1. The van der Waals surface area contributed by atoms with Crippen LogP contribution in [0.4, 0.5) is 4.79 Å². The molecule has 1 saturated heterocycles. The Balaban J connectivity index is 1.76. The van der Waals surface area contributed by atoms with Crippen molar-refractivity contribution >= 4 is 23.8 Å². The molecule has 168 valence electrons. The Morgan fingerprint density at radius 1 is 1.09 bits per heavy atom. The molecular formula is C23H26N4O5. The molecule has 1 heterocycles. The van der Waals surface area contributed by atoms with Gasteiger partial charge in [-0.05, 0) is 30.2 Å². The average Bonchev–Trinajstić information content (AvgIpc) is 3.01.